The zero-order valence-electron chi connectivity index (χ0n) is 13.9. The molecule has 3 heterocycles. The molecule has 0 N–H and O–H groups in total. The first-order chi connectivity index (χ1) is 11.8. The van der Waals surface area contributed by atoms with Crippen molar-refractivity contribution in [1.82, 2.24) is 19.8 Å². The first-order valence-electron chi connectivity index (χ1n) is 8.35. The third kappa shape index (κ3) is 2.91. The summed E-state index contributed by atoms with van der Waals surface area (Å²) < 4.78 is 1.86. The lowest BCUT2D eigenvalue weighted by Crippen LogP contribution is -2.30. The number of hydrogen-bond donors (Lipinski definition) is 0. The van der Waals surface area contributed by atoms with Crippen LogP contribution in [0.25, 0.3) is 17.0 Å². The summed E-state index contributed by atoms with van der Waals surface area (Å²) in [6.45, 7) is 2.25. The van der Waals surface area contributed by atoms with Gasteiger partial charge >= 0.3 is 0 Å². The molecule has 2 atom stereocenters. The molecule has 0 radical (unpaired) electrons. The molecule has 0 amide bonds. The monoisotopic (exact) mass is 359 g/mol. The molecule has 0 bridgehead atoms. The van der Waals surface area contributed by atoms with Crippen molar-refractivity contribution in [2.24, 2.45) is 0 Å². The number of hydrogen-bond acceptors (Lipinski definition) is 6. The van der Waals surface area contributed by atoms with Gasteiger partial charge in [-0.1, -0.05) is 6.92 Å². The molecule has 1 aliphatic rings. The molecule has 2 unspecified atom stereocenters. The fourth-order valence-corrected chi connectivity index (χ4v) is 5.15. The Hall–Kier alpha value is -1.60. The highest BCUT2D eigenvalue weighted by atomic mass is 32.2. The summed E-state index contributed by atoms with van der Waals surface area (Å²) in [6, 6.07) is 6.69. The van der Waals surface area contributed by atoms with Crippen molar-refractivity contribution in [2.45, 2.75) is 37.5 Å². The zero-order valence-corrected chi connectivity index (χ0v) is 15.6. The van der Waals surface area contributed by atoms with E-state index in [-0.39, 0.29) is 0 Å². The zero-order chi connectivity index (χ0) is 16.5. The van der Waals surface area contributed by atoms with Crippen LogP contribution in [0, 0.1) is 0 Å². The lowest BCUT2D eigenvalue weighted by atomic mass is 10.2. The Balaban J connectivity index is 1.62. The fourth-order valence-electron chi connectivity index (χ4n) is 3.38. The number of aromatic nitrogens is 4. The van der Waals surface area contributed by atoms with Crippen LogP contribution in [0.3, 0.4) is 0 Å². The van der Waals surface area contributed by atoms with E-state index in [1.165, 1.54) is 25.0 Å². The Morgan fingerprint density at radius 1 is 1.29 bits per heavy atom. The van der Waals surface area contributed by atoms with Crippen LogP contribution in [-0.4, -0.2) is 43.9 Å². The summed E-state index contributed by atoms with van der Waals surface area (Å²) >= 11 is 3.75. The molecule has 1 aliphatic carbocycles. The van der Waals surface area contributed by atoms with Crippen LogP contribution >= 0.6 is 23.1 Å². The highest BCUT2D eigenvalue weighted by Gasteiger charge is 2.28. The lowest BCUT2D eigenvalue weighted by Gasteiger charge is -2.25. The first-order valence-corrected chi connectivity index (χ1v) is 10.3. The van der Waals surface area contributed by atoms with Gasteiger partial charge in [-0.2, -0.15) is 27.6 Å². The van der Waals surface area contributed by atoms with Crippen molar-refractivity contribution < 1.29 is 0 Å². The van der Waals surface area contributed by atoms with Gasteiger partial charge in [-0.3, -0.25) is 0 Å². The van der Waals surface area contributed by atoms with Crippen molar-refractivity contribution >= 4 is 34.6 Å². The average molecular weight is 360 g/mol. The number of anilines is 1. The average Bonchev–Trinajstić information content (AvgIpc) is 3.33. The Morgan fingerprint density at radius 2 is 2.21 bits per heavy atom. The van der Waals surface area contributed by atoms with E-state index in [9.17, 15) is 0 Å². The molecule has 1 fully saturated rings. The van der Waals surface area contributed by atoms with E-state index in [1.807, 2.05) is 10.6 Å². The molecular formula is C17H21N5S2. The maximum atomic E-state index is 4.82. The van der Waals surface area contributed by atoms with E-state index in [0.29, 0.717) is 6.04 Å². The molecule has 5 nitrogen and oxygen atoms in total. The second-order valence-electron chi connectivity index (χ2n) is 6.15. The summed E-state index contributed by atoms with van der Waals surface area (Å²) in [5.74, 6) is 3.01. The van der Waals surface area contributed by atoms with E-state index in [2.05, 4.69) is 63.7 Å². The molecular weight excluding hydrogens is 338 g/mol. The predicted octanol–water partition coefficient (Wildman–Crippen LogP) is 3.96. The van der Waals surface area contributed by atoms with Crippen LogP contribution in [0.1, 0.15) is 26.2 Å². The van der Waals surface area contributed by atoms with Crippen LogP contribution in [-0.2, 0) is 0 Å². The lowest BCUT2D eigenvalue weighted by molar-refractivity contribution is 0.641. The normalized spacial score (nSPS) is 20.8. The molecule has 24 heavy (non-hydrogen) atoms. The maximum absolute atomic E-state index is 4.82. The Kier molecular flexibility index (Phi) is 4.45. The van der Waals surface area contributed by atoms with E-state index in [0.717, 1.165) is 28.1 Å². The van der Waals surface area contributed by atoms with Crippen molar-refractivity contribution in [3.05, 3.63) is 29.0 Å². The standard InChI is InChI=1S/C17H21N5S2/c1-3-24-14-5-4-13(10-14)21(2)16-7-6-15-18-19-17(22(15)20-16)12-8-9-23-11-12/h6-9,11,13-14H,3-5,10H2,1-2H3. The Labute approximate surface area is 150 Å². The number of thiophene rings is 1. The van der Waals surface area contributed by atoms with Crippen LogP contribution in [0.4, 0.5) is 5.82 Å². The van der Waals surface area contributed by atoms with Gasteiger partial charge in [0.25, 0.3) is 0 Å². The third-order valence-electron chi connectivity index (χ3n) is 4.70. The number of nitrogens with zero attached hydrogens (tertiary/aromatic N) is 5. The Morgan fingerprint density at radius 3 is 3.00 bits per heavy atom. The minimum atomic E-state index is 0.570. The molecule has 1 saturated carbocycles. The van der Waals surface area contributed by atoms with Gasteiger partial charge in [-0.25, -0.2) is 0 Å². The summed E-state index contributed by atoms with van der Waals surface area (Å²) in [4.78, 5) is 2.33. The molecule has 4 rings (SSSR count). The van der Waals surface area contributed by atoms with Crippen LogP contribution in [0.15, 0.2) is 29.0 Å². The quantitative estimate of drug-likeness (QED) is 0.690. The maximum Gasteiger partial charge on any atom is 0.186 e. The highest BCUT2D eigenvalue weighted by Crippen LogP contribution is 2.33. The summed E-state index contributed by atoms with van der Waals surface area (Å²) in [5, 5.41) is 18.3. The van der Waals surface area contributed by atoms with Gasteiger partial charge in [0.05, 0.1) is 0 Å². The van der Waals surface area contributed by atoms with Gasteiger partial charge in [0, 0.05) is 29.3 Å². The second kappa shape index (κ2) is 6.72. The van der Waals surface area contributed by atoms with E-state index < -0.39 is 0 Å². The van der Waals surface area contributed by atoms with Crippen molar-refractivity contribution in [2.75, 3.05) is 17.7 Å². The van der Waals surface area contributed by atoms with E-state index >= 15 is 0 Å². The minimum Gasteiger partial charge on any atom is -0.355 e. The number of fused-ring (bicyclic) bond motifs is 1. The van der Waals surface area contributed by atoms with Gasteiger partial charge in [0.15, 0.2) is 11.5 Å². The van der Waals surface area contributed by atoms with Crippen molar-refractivity contribution in [1.29, 1.82) is 0 Å². The van der Waals surface area contributed by atoms with E-state index in [1.54, 1.807) is 11.3 Å². The van der Waals surface area contributed by atoms with Gasteiger partial charge < -0.3 is 4.90 Å². The molecule has 0 spiro atoms. The second-order valence-corrected chi connectivity index (χ2v) is 8.51. The van der Waals surface area contributed by atoms with Crippen LogP contribution in [0.2, 0.25) is 0 Å². The summed E-state index contributed by atoms with van der Waals surface area (Å²) in [5.41, 5.74) is 1.86. The van der Waals surface area contributed by atoms with Crippen LogP contribution < -0.4 is 4.90 Å². The smallest absolute Gasteiger partial charge is 0.186 e. The van der Waals surface area contributed by atoms with Gasteiger partial charge in [0.1, 0.15) is 5.82 Å². The highest BCUT2D eigenvalue weighted by molar-refractivity contribution is 7.99. The molecule has 0 saturated heterocycles. The molecule has 0 aromatic carbocycles. The minimum absolute atomic E-state index is 0.570. The van der Waals surface area contributed by atoms with Crippen molar-refractivity contribution in [3.8, 4) is 11.4 Å². The summed E-state index contributed by atoms with van der Waals surface area (Å²) in [6.07, 6.45) is 3.80. The first kappa shape index (κ1) is 15.9. The topological polar surface area (TPSA) is 46.3 Å². The van der Waals surface area contributed by atoms with Gasteiger partial charge in [-0.15, -0.1) is 15.3 Å². The van der Waals surface area contributed by atoms with Crippen molar-refractivity contribution in [3.63, 3.8) is 0 Å². The fraction of sp³-hybridized carbons (Fsp3) is 0.471. The third-order valence-corrected chi connectivity index (χ3v) is 6.61. The van der Waals surface area contributed by atoms with E-state index in [4.69, 9.17) is 5.10 Å². The predicted molar refractivity (Wildman–Crippen MR) is 102 cm³/mol. The SMILES string of the molecule is CCSC1CCC(N(C)c2ccc3nnc(-c4ccsc4)n3n2)C1. The summed E-state index contributed by atoms with van der Waals surface area (Å²) in [7, 11) is 2.16. The molecule has 7 heteroatoms. The molecule has 3 aromatic heterocycles. The molecule has 3 aromatic rings. The number of thioether (sulfide) groups is 1. The van der Waals surface area contributed by atoms with Crippen LogP contribution in [0.5, 0.6) is 0 Å². The molecule has 126 valence electrons. The van der Waals surface area contributed by atoms with Gasteiger partial charge in [-0.05, 0) is 48.6 Å². The number of rotatable bonds is 5. The molecule has 0 aliphatic heterocycles. The van der Waals surface area contributed by atoms with Gasteiger partial charge in [0.2, 0.25) is 0 Å². The Bertz CT molecular complexity index is 814. The largest absolute Gasteiger partial charge is 0.355 e.